The zero-order chi connectivity index (χ0) is 21.3. The summed E-state index contributed by atoms with van der Waals surface area (Å²) in [6.45, 7) is 0. The molecule has 4 N–H and O–H groups in total. The summed E-state index contributed by atoms with van der Waals surface area (Å²) < 4.78 is 39.0. The van der Waals surface area contributed by atoms with Gasteiger partial charge in [-0.25, -0.2) is 9.97 Å². The Hall–Kier alpha value is -3.59. The number of fused-ring (bicyclic) bond motifs is 1. The Kier molecular flexibility index (Phi) is 5.04. The lowest BCUT2D eigenvalue weighted by molar-refractivity contribution is -0.137. The van der Waals surface area contributed by atoms with Crippen LogP contribution >= 0.6 is 11.6 Å². The molecule has 0 atom stereocenters. The molecule has 0 aliphatic heterocycles. The van der Waals surface area contributed by atoms with E-state index in [-0.39, 0.29) is 28.0 Å². The van der Waals surface area contributed by atoms with Crippen molar-refractivity contribution in [1.29, 1.82) is 0 Å². The molecule has 0 saturated heterocycles. The number of nitrogen functional groups attached to an aromatic ring is 1. The van der Waals surface area contributed by atoms with Gasteiger partial charge in [0.1, 0.15) is 12.0 Å². The summed E-state index contributed by atoms with van der Waals surface area (Å²) in [5, 5.41) is 6.83. The SMILES string of the molecule is Nc1c(Nc2cc(C(F)(F)F)ccc2Cl)ncnc1Nc1cccc2ncccc12. The Labute approximate surface area is 173 Å². The largest absolute Gasteiger partial charge is 0.416 e. The molecule has 0 bridgehead atoms. The number of hydrogen-bond donors (Lipinski definition) is 3. The molecule has 10 heteroatoms. The highest BCUT2D eigenvalue weighted by atomic mass is 35.5. The van der Waals surface area contributed by atoms with Gasteiger partial charge in [-0.3, -0.25) is 4.98 Å². The van der Waals surface area contributed by atoms with Crippen molar-refractivity contribution < 1.29 is 13.2 Å². The van der Waals surface area contributed by atoms with E-state index in [0.717, 1.165) is 29.1 Å². The van der Waals surface area contributed by atoms with Crippen LogP contribution in [-0.2, 0) is 6.18 Å². The molecule has 0 spiro atoms. The van der Waals surface area contributed by atoms with Crippen molar-refractivity contribution in [1.82, 2.24) is 15.0 Å². The first-order valence-electron chi connectivity index (χ1n) is 8.68. The smallest absolute Gasteiger partial charge is 0.393 e. The van der Waals surface area contributed by atoms with Crippen molar-refractivity contribution in [3.63, 3.8) is 0 Å². The van der Waals surface area contributed by atoms with Gasteiger partial charge >= 0.3 is 6.18 Å². The van der Waals surface area contributed by atoms with Crippen molar-refractivity contribution in [3.05, 3.63) is 71.6 Å². The average molecular weight is 431 g/mol. The second-order valence-electron chi connectivity index (χ2n) is 6.30. The lowest BCUT2D eigenvalue weighted by Gasteiger charge is -2.15. The zero-order valence-corrected chi connectivity index (χ0v) is 16.0. The fourth-order valence-electron chi connectivity index (χ4n) is 2.86. The number of nitrogens with zero attached hydrogens (tertiary/aromatic N) is 3. The van der Waals surface area contributed by atoms with E-state index in [1.54, 1.807) is 12.3 Å². The number of anilines is 5. The third kappa shape index (κ3) is 3.92. The molecule has 0 amide bonds. The Balaban J connectivity index is 1.67. The van der Waals surface area contributed by atoms with Gasteiger partial charge in [0.05, 0.1) is 21.8 Å². The normalized spacial score (nSPS) is 11.5. The monoisotopic (exact) mass is 430 g/mol. The molecule has 2 aromatic heterocycles. The second kappa shape index (κ2) is 7.68. The van der Waals surface area contributed by atoms with Crippen LogP contribution in [0.25, 0.3) is 10.9 Å². The minimum atomic E-state index is -4.51. The molecule has 4 aromatic rings. The predicted molar refractivity (Wildman–Crippen MR) is 111 cm³/mol. The molecule has 2 heterocycles. The summed E-state index contributed by atoms with van der Waals surface area (Å²) >= 11 is 6.05. The molecule has 0 aliphatic carbocycles. The number of nitrogens with two attached hydrogens (primary N) is 1. The van der Waals surface area contributed by atoms with E-state index in [9.17, 15) is 13.2 Å². The number of benzene rings is 2. The summed E-state index contributed by atoms with van der Waals surface area (Å²) in [6.07, 6.45) is -1.58. The molecular weight excluding hydrogens is 417 g/mol. The maximum absolute atomic E-state index is 13.0. The maximum Gasteiger partial charge on any atom is 0.416 e. The molecule has 4 rings (SSSR count). The van der Waals surface area contributed by atoms with Crippen LogP contribution in [0.3, 0.4) is 0 Å². The quantitative estimate of drug-likeness (QED) is 0.381. The van der Waals surface area contributed by atoms with Crippen LogP contribution in [0.4, 0.5) is 41.9 Å². The second-order valence-corrected chi connectivity index (χ2v) is 6.71. The van der Waals surface area contributed by atoms with Crippen LogP contribution in [0, 0.1) is 0 Å². The summed E-state index contributed by atoms with van der Waals surface area (Å²) in [5.74, 6) is 0.402. The molecule has 0 aliphatic rings. The van der Waals surface area contributed by atoms with E-state index in [1.165, 1.54) is 6.33 Å². The molecule has 0 radical (unpaired) electrons. The van der Waals surface area contributed by atoms with Crippen LogP contribution in [0.2, 0.25) is 5.02 Å². The molecule has 6 nitrogen and oxygen atoms in total. The number of halogens is 4. The number of alkyl halides is 3. The minimum absolute atomic E-state index is 0.0252. The number of nitrogens with one attached hydrogen (secondary N) is 2. The maximum atomic E-state index is 13.0. The highest BCUT2D eigenvalue weighted by Gasteiger charge is 2.31. The number of hydrogen-bond acceptors (Lipinski definition) is 6. The number of pyridine rings is 1. The molecule has 30 heavy (non-hydrogen) atoms. The fraction of sp³-hybridized carbons (Fsp3) is 0.0500. The highest BCUT2D eigenvalue weighted by Crippen LogP contribution is 2.36. The Morgan fingerprint density at radius 3 is 2.33 bits per heavy atom. The van der Waals surface area contributed by atoms with Crippen LogP contribution in [0.5, 0.6) is 0 Å². The summed E-state index contributed by atoms with van der Waals surface area (Å²) in [5.41, 5.74) is 6.96. The molecule has 0 saturated carbocycles. The minimum Gasteiger partial charge on any atom is -0.393 e. The van der Waals surface area contributed by atoms with E-state index in [0.29, 0.717) is 5.69 Å². The lowest BCUT2D eigenvalue weighted by atomic mass is 10.2. The van der Waals surface area contributed by atoms with Gasteiger partial charge in [0.15, 0.2) is 11.6 Å². The summed E-state index contributed by atoms with van der Waals surface area (Å²) in [6, 6.07) is 12.2. The number of aromatic nitrogens is 3. The Morgan fingerprint density at radius 2 is 1.60 bits per heavy atom. The van der Waals surface area contributed by atoms with E-state index in [4.69, 9.17) is 17.3 Å². The van der Waals surface area contributed by atoms with Gasteiger partial charge in [-0.15, -0.1) is 0 Å². The molecule has 152 valence electrons. The lowest BCUT2D eigenvalue weighted by Crippen LogP contribution is -2.08. The molecule has 0 fully saturated rings. The molecular formula is C20H14ClF3N6. The van der Waals surface area contributed by atoms with Crippen LogP contribution < -0.4 is 16.4 Å². The van der Waals surface area contributed by atoms with Gasteiger partial charge in [0.2, 0.25) is 0 Å². The van der Waals surface area contributed by atoms with Gasteiger partial charge in [-0.05, 0) is 42.5 Å². The van der Waals surface area contributed by atoms with E-state index < -0.39 is 11.7 Å². The summed E-state index contributed by atoms with van der Waals surface area (Å²) in [7, 11) is 0. The van der Waals surface area contributed by atoms with Gasteiger partial charge in [0.25, 0.3) is 0 Å². The van der Waals surface area contributed by atoms with Gasteiger partial charge in [-0.2, -0.15) is 13.2 Å². The van der Waals surface area contributed by atoms with Crippen molar-refractivity contribution >= 4 is 51.2 Å². The van der Waals surface area contributed by atoms with E-state index >= 15 is 0 Å². The zero-order valence-electron chi connectivity index (χ0n) is 15.2. The van der Waals surface area contributed by atoms with Crippen molar-refractivity contribution in [3.8, 4) is 0 Å². The third-order valence-corrected chi connectivity index (χ3v) is 4.66. The fourth-order valence-corrected chi connectivity index (χ4v) is 3.02. The Morgan fingerprint density at radius 1 is 0.867 bits per heavy atom. The first kappa shape index (κ1) is 19.7. The summed E-state index contributed by atoms with van der Waals surface area (Å²) in [4.78, 5) is 12.5. The predicted octanol–water partition coefficient (Wildman–Crippen LogP) is 5.77. The van der Waals surface area contributed by atoms with Gasteiger partial charge in [-0.1, -0.05) is 17.7 Å². The standard InChI is InChI=1S/C20H14ClF3N6/c21-13-7-6-11(20(22,23)24)9-16(13)30-19-17(25)18(27-10-28-19)29-15-5-1-4-14-12(15)3-2-8-26-14/h1-10H,25H2,(H2,27,28,29,30). The Bertz CT molecular complexity index is 1220. The van der Waals surface area contributed by atoms with Crippen LogP contribution in [0.1, 0.15) is 5.56 Å². The van der Waals surface area contributed by atoms with Gasteiger partial charge < -0.3 is 16.4 Å². The van der Waals surface area contributed by atoms with Crippen molar-refractivity contribution in [2.75, 3.05) is 16.4 Å². The molecule has 0 unspecified atom stereocenters. The van der Waals surface area contributed by atoms with Crippen LogP contribution in [-0.4, -0.2) is 15.0 Å². The van der Waals surface area contributed by atoms with E-state index in [2.05, 4.69) is 25.6 Å². The first-order chi connectivity index (χ1) is 14.3. The topological polar surface area (TPSA) is 88.8 Å². The third-order valence-electron chi connectivity index (χ3n) is 4.33. The van der Waals surface area contributed by atoms with Crippen LogP contribution in [0.15, 0.2) is 61.1 Å². The number of rotatable bonds is 4. The van der Waals surface area contributed by atoms with Gasteiger partial charge in [0, 0.05) is 17.3 Å². The van der Waals surface area contributed by atoms with E-state index in [1.807, 2.05) is 24.3 Å². The van der Waals surface area contributed by atoms with Crippen molar-refractivity contribution in [2.45, 2.75) is 6.18 Å². The first-order valence-corrected chi connectivity index (χ1v) is 9.06. The van der Waals surface area contributed by atoms with Crippen molar-refractivity contribution in [2.24, 2.45) is 0 Å². The average Bonchev–Trinajstić information content (AvgIpc) is 2.72. The molecule has 2 aromatic carbocycles. The highest BCUT2D eigenvalue weighted by molar-refractivity contribution is 6.33.